The van der Waals surface area contributed by atoms with Crippen LogP contribution in [-0.2, 0) is 13.0 Å². The Bertz CT molecular complexity index is 999. The monoisotopic (exact) mass is 341 g/mol. The van der Waals surface area contributed by atoms with Crippen molar-refractivity contribution in [2.24, 2.45) is 5.73 Å². The molecule has 0 aromatic carbocycles. The number of fused-ring (bicyclic) bond motifs is 1. The number of pyridine rings is 1. The van der Waals surface area contributed by atoms with Gasteiger partial charge in [-0.1, -0.05) is 5.16 Å². The third-order valence-corrected chi connectivity index (χ3v) is 4.24. The second kappa shape index (κ2) is 5.58. The van der Waals surface area contributed by atoms with Crippen LogP contribution in [0.1, 0.15) is 27.6 Å². The molecule has 0 atom stereocenters. The van der Waals surface area contributed by atoms with Gasteiger partial charge in [0.25, 0.3) is 5.91 Å². The Balaban J connectivity index is 1.62. The van der Waals surface area contributed by atoms with Crippen molar-refractivity contribution in [1.82, 2.24) is 24.9 Å². The molecule has 0 saturated carbocycles. The normalized spacial score (nSPS) is 13.7. The van der Waals surface area contributed by atoms with Gasteiger partial charge in [0.15, 0.2) is 11.5 Å². The first-order valence-corrected chi connectivity index (χ1v) is 7.67. The molecule has 0 aliphatic carbocycles. The molecule has 0 spiro atoms. The minimum atomic E-state index is -0.556. The molecule has 1 aliphatic heterocycles. The van der Waals surface area contributed by atoms with E-state index in [9.17, 15) is 9.59 Å². The van der Waals surface area contributed by atoms with Gasteiger partial charge in [-0.2, -0.15) is 5.10 Å². The van der Waals surface area contributed by atoms with Gasteiger partial charge in [-0.15, -0.1) is 0 Å². The third kappa shape index (κ3) is 2.47. The highest BCUT2D eigenvalue weighted by molar-refractivity contribution is 5.92. The number of primary amides is 1. The zero-order valence-corrected chi connectivity index (χ0v) is 13.4. The number of H-pyrrole nitrogens is 1. The number of anilines is 1. The molecule has 0 unspecified atom stereocenters. The maximum Gasteiger partial charge on any atom is 0.446 e. The minimum absolute atomic E-state index is 0.267. The standard InChI is InChI=1S/C15H15N7O3/c1-8-20-25-15(24)22(8)9-2-3-12(17-6-9)21-5-4-11-10(7-21)13(14(16)23)19-18-11/h2-3,6H,4-5,7H2,1H3,(H2,16,23)(H,18,19). The molecule has 0 bridgehead atoms. The average Bonchev–Trinajstić information content (AvgIpc) is 3.18. The first-order chi connectivity index (χ1) is 12.0. The van der Waals surface area contributed by atoms with Crippen LogP contribution in [0.2, 0.25) is 0 Å². The van der Waals surface area contributed by atoms with Gasteiger partial charge >= 0.3 is 5.76 Å². The second-order valence-corrected chi connectivity index (χ2v) is 5.77. The number of aromatic amines is 1. The number of hydrogen-bond donors (Lipinski definition) is 2. The van der Waals surface area contributed by atoms with E-state index in [1.165, 1.54) is 4.57 Å². The summed E-state index contributed by atoms with van der Waals surface area (Å²) in [5, 5.41) is 10.5. The summed E-state index contributed by atoms with van der Waals surface area (Å²) in [4.78, 5) is 29.6. The van der Waals surface area contributed by atoms with Gasteiger partial charge in [0.2, 0.25) is 0 Å². The Morgan fingerprint density at radius 3 is 2.88 bits per heavy atom. The van der Waals surface area contributed by atoms with Crippen LogP contribution in [0.3, 0.4) is 0 Å². The third-order valence-electron chi connectivity index (χ3n) is 4.24. The molecule has 128 valence electrons. The Morgan fingerprint density at radius 2 is 2.24 bits per heavy atom. The summed E-state index contributed by atoms with van der Waals surface area (Å²) in [5.74, 6) is 0.0731. The Labute approximate surface area is 141 Å². The van der Waals surface area contributed by atoms with Crippen LogP contribution in [0.15, 0.2) is 27.6 Å². The van der Waals surface area contributed by atoms with Crippen LogP contribution >= 0.6 is 0 Å². The number of amides is 1. The number of aryl methyl sites for hydroxylation is 1. The molecule has 1 amide bonds. The van der Waals surface area contributed by atoms with E-state index < -0.39 is 11.7 Å². The largest absolute Gasteiger partial charge is 0.446 e. The van der Waals surface area contributed by atoms with Crippen LogP contribution in [0.25, 0.3) is 5.69 Å². The van der Waals surface area contributed by atoms with Gasteiger partial charge in [-0.05, 0) is 19.1 Å². The molecular formula is C15H15N7O3. The number of hydrogen-bond acceptors (Lipinski definition) is 7. The molecule has 4 rings (SSSR count). The summed E-state index contributed by atoms with van der Waals surface area (Å²) >= 11 is 0. The molecule has 4 heterocycles. The van der Waals surface area contributed by atoms with E-state index in [1.54, 1.807) is 19.2 Å². The number of aromatic nitrogens is 5. The summed E-state index contributed by atoms with van der Waals surface area (Å²) in [5.41, 5.74) is 7.93. The van der Waals surface area contributed by atoms with E-state index >= 15 is 0 Å². The molecular weight excluding hydrogens is 326 g/mol. The lowest BCUT2D eigenvalue weighted by molar-refractivity contribution is 0.0994. The predicted octanol–water partition coefficient (Wildman–Crippen LogP) is -0.0864. The van der Waals surface area contributed by atoms with Crippen molar-refractivity contribution in [2.45, 2.75) is 19.9 Å². The van der Waals surface area contributed by atoms with Crippen molar-refractivity contribution in [3.8, 4) is 5.69 Å². The highest BCUT2D eigenvalue weighted by Gasteiger charge is 2.25. The fraction of sp³-hybridized carbons (Fsp3) is 0.267. The molecule has 0 saturated heterocycles. The maximum absolute atomic E-state index is 11.7. The van der Waals surface area contributed by atoms with Gasteiger partial charge in [0.05, 0.1) is 11.9 Å². The molecule has 25 heavy (non-hydrogen) atoms. The van der Waals surface area contributed by atoms with Crippen molar-refractivity contribution in [2.75, 3.05) is 11.4 Å². The molecule has 3 aromatic heterocycles. The van der Waals surface area contributed by atoms with Gasteiger partial charge in [-0.3, -0.25) is 14.4 Å². The van der Waals surface area contributed by atoms with Gasteiger partial charge in [0, 0.05) is 30.8 Å². The van der Waals surface area contributed by atoms with E-state index in [0.29, 0.717) is 24.5 Å². The highest BCUT2D eigenvalue weighted by Crippen LogP contribution is 2.24. The van der Waals surface area contributed by atoms with Crippen molar-refractivity contribution < 1.29 is 9.32 Å². The smallest absolute Gasteiger partial charge is 0.364 e. The fourth-order valence-electron chi connectivity index (χ4n) is 3.00. The Morgan fingerprint density at radius 1 is 1.40 bits per heavy atom. The zero-order chi connectivity index (χ0) is 17.6. The van der Waals surface area contributed by atoms with E-state index in [2.05, 4.69) is 24.9 Å². The predicted molar refractivity (Wildman–Crippen MR) is 86.5 cm³/mol. The number of carbonyl (C=O) groups is 1. The summed E-state index contributed by atoms with van der Waals surface area (Å²) in [6.45, 7) is 2.89. The van der Waals surface area contributed by atoms with Crippen molar-refractivity contribution in [3.63, 3.8) is 0 Å². The van der Waals surface area contributed by atoms with Crippen LogP contribution in [0.5, 0.6) is 0 Å². The lowest BCUT2D eigenvalue weighted by Crippen LogP contribution is -2.32. The van der Waals surface area contributed by atoms with Crippen molar-refractivity contribution in [3.05, 3.63) is 51.7 Å². The van der Waals surface area contributed by atoms with E-state index in [0.717, 1.165) is 23.6 Å². The molecule has 10 heteroatoms. The Kier molecular flexibility index (Phi) is 3.38. The molecule has 10 nitrogen and oxygen atoms in total. The lowest BCUT2D eigenvalue weighted by atomic mass is 10.1. The van der Waals surface area contributed by atoms with Crippen LogP contribution < -0.4 is 16.4 Å². The number of nitrogens with two attached hydrogens (primary N) is 1. The average molecular weight is 341 g/mol. The Hall–Kier alpha value is -3.43. The first-order valence-electron chi connectivity index (χ1n) is 7.67. The number of nitrogens with one attached hydrogen (secondary N) is 1. The number of carbonyl (C=O) groups excluding carboxylic acids is 1. The SMILES string of the molecule is Cc1noc(=O)n1-c1ccc(N2CCc3[nH]nc(C(N)=O)c3C2)nc1. The molecule has 3 aromatic rings. The zero-order valence-electron chi connectivity index (χ0n) is 13.4. The summed E-state index contributed by atoms with van der Waals surface area (Å²) in [7, 11) is 0. The topological polar surface area (TPSA) is 136 Å². The quantitative estimate of drug-likeness (QED) is 0.679. The number of rotatable bonds is 3. The summed E-state index contributed by atoms with van der Waals surface area (Å²) < 4.78 is 5.97. The van der Waals surface area contributed by atoms with E-state index in [4.69, 9.17) is 5.73 Å². The first kappa shape index (κ1) is 15.1. The highest BCUT2D eigenvalue weighted by atomic mass is 16.5. The second-order valence-electron chi connectivity index (χ2n) is 5.77. The van der Waals surface area contributed by atoms with Crippen molar-refractivity contribution >= 4 is 11.7 Å². The summed E-state index contributed by atoms with van der Waals surface area (Å²) in [6.07, 6.45) is 2.30. The molecule has 1 aliphatic rings. The van der Waals surface area contributed by atoms with Crippen molar-refractivity contribution in [1.29, 1.82) is 0 Å². The van der Waals surface area contributed by atoms with Crippen LogP contribution in [-0.4, -0.2) is 37.4 Å². The van der Waals surface area contributed by atoms with E-state index in [1.807, 2.05) is 11.0 Å². The van der Waals surface area contributed by atoms with Gasteiger partial charge < -0.3 is 10.6 Å². The minimum Gasteiger partial charge on any atom is -0.364 e. The maximum atomic E-state index is 11.7. The van der Waals surface area contributed by atoms with Gasteiger partial charge in [-0.25, -0.2) is 14.3 Å². The van der Waals surface area contributed by atoms with Crippen LogP contribution in [0.4, 0.5) is 5.82 Å². The van der Waals surface area contributed by atoms with Crippen LogP contribution in [0, 0.1) is 6.92 Å². The fourth-order valence-corrected chi connectivity index (χ4v) is 3.00. The molecule has 0 fully saturated rings. The molecule has 3 N–H and O–H groups in total. The number of nitrogens with zero attached hydrogens (tertiary/aromatic N) is 5. The van der Waals surface area contributed by atoms with Gasteiger partial charge in [0.1, 0.15) is 5.82 Å². The lowest BCUT2D eigenvalue weighted by Gasteiger charge is -2.28. The summed E-state index contributed by atoms with van der Waals surface area (Å²) in [6, 6.07) is 3.58. The van der Waals surface area contributed by atoms with E-state index in [-0.39, 0.29) is 5.69 Å². The molecule has 0 radical (unpaired) electrons.